The molecule has 3 heteroatoms. The average Bonchev–Trinajstić information content (AvgIpc) is 2.25. The van der Waals surface area contributed by atoms with E-state index in [1.165, 1.54) is 5.56 Å². The van der Waals surface area contributed by atoms with Gasteiger partial charge in [0.1, 0.15) is 5.15 Å². The molecule has 94 valence electrons. The van der Waals surface area contributed by atoms with Gasteiger partial charge in [-0.1, -0.05) is 32.4 Å². The predicted molar refractivity (Wildman–Crippen MR) is 70.1 cm³/mol. The molecular weight excluding hydrogens is 234 g/mol. The number of aromatic nitrogens is 1. The fourth-order valence-corrected chi connectivity index (χ4v) is 2.87. The standard InChI is InChI=1S/C14H20ClNO/c1-14(2,3)10-4-5-12-11(7-10)9(8-17)6-13(15)16-12/h6,10,17H,4-5,7-8H2,1-3H3. The number of aryl methyl sites for hydroxylation is 1. The Bertz CT molecular complexity index is 406. The summed E-state index contributed by atoms with van der Waals surface area (Å²) < 4.78 is 0. The van der Waals surface area contributed by atoms with Crippen LogP contribution in [0.2, 0.25) is 5.15 Å². The largest absolute Gasteiger partial charge is 0.392 e. The van der Waals surface area contributed by atoms with Gasteiger partial charge in [-0.2, -0.15) is 0 Å². The predicted octanol–water partition coefficient (Wildman–Crippen LogP) is 3.38. The quantitative estimate of drug-likeness (QED) is 0.779. The molecule has 0 spiro atoms. The third-order valence-corrected chi connectivity index (χ3v) is 4.04. The summed E-state index contributed by atoms with van der Waals surface area (Å²) in [5.41, 5.74) is 3.57. The molecule has 2 rings (SSSR count). The molecule has 1 aromatic heterocycles. The normalized spacial score (nSPS) is 20.2. The molecule has 0 saturated heterocycles. The van der Waals surface area contributed by atoms with E-state index in [1.54, 1.807) is 6.07 Å². The van der Waals surface area contributed by atoms with Gasteiger partial charge in [-0.3, -0.25) is 0 Å². The first kappa shape index (κ1) is 12.8. The minimum absolute atomic E-state index is 0.0570. The van der Waals surface area contributed by atoms with Gasteiger partial charge in [0.25, 0.3) is 0 Å². The van der Waals surface area contributed by atoms with Crippen LogP contribution < -0.4 is 0 Å². The maximum absolute atomic E-state index is 9.42. The van der Waals surface area contributed by atoms with Crippen molar-refractivity contribution in [3.63, 3.8) is 0 Å². The summed E-state index contributed by atoms with van der Waals surface area (Å²) in [5.74, 6) is 0.656. The van der Waals surface area contributed by atoms with Crippen LogP contribution in [0.1, 0.15) is 44.0 Å². The van der Waals surface area contributed by atoms with Crippen molar-refractivity contribution in [1.29, 1.82) is 0 Å². The maximum Gasteiger partial charge on any atom is 0.129 e. The van der Waals surface area contributed by atoms with Crippen LogP contribution in [0.15, 0.2) is 6.07 Å². The number of nitrogens with zero attached hydrogens (tertiary/aromatic N) is 1. The molecular formula is C14H20ClNO. The van der Waals surface area contributed by atoms with Crippen molar-refractivity contribution in [3.05, 3.63) is 28.0 Å². The highest BCUT2D eigenvalue weighted by Crippen LogP contribution is 2.38. The third kappa shape index (κ3) is 2.63. The summed E-state index contributed by atoms with van der Waals surface area (Å²) in [6.45, 7) is 6.90. The SMILES string of the molecule is CC(C)(C)C1CCc2nc(Cl)cc(CO)c2C1. The average molecular weight is 254 g/mol. The van der Waals surface area contributed by atoms with E-state index in [2.05, 4.69) is 25.8 Å². The number of hydrogen-bond donors (Lipinski definition) is 1. The van der Waals surface area contributed by atoms with E-state index in [4.69, 9.17) is 11.6 Å². The van der Waals surface area contributed by atoms with Crippen LogP contribution in [0.25, 0.3) is 0 Å². The lowest BCUT2D eigenvalue weighted by molar-refractivity contribution is 0.211. The lowest BCUT2D eigenvalue weighted by Crippen LogP contribution is -2.28. The smallest absolute Gasteiger partial charge is 0.129 e. The van der Waals surface area contributed by atoms with Gasteiger partial charge in [-0.05, 0) is 47.8 Å². The van der Waals surface area contributed by atoms with Crippen LogP contribution in [-0.2, 0) is 19.4 Å². The number of hydrogen-bond acceptors (Lipinski definition) is 2. The Labute approximate surface area is 108 Å². The van der Waals surface area contributed by atoms with Crippen molar-refractivity contribution in [3.8, 4) is 0 Å². The van der Waals surface area contributed by atoms with Gasteiger partial charge in [0.2, 0.25) is 0 Å². The highest BCUT2D eigenvalue weighted by atomic mass is 35.5. The Morgan fingerprint density at radius 2 is 2.18 bits per heavy atom. The number of pyridine rings is 1. The first-order chi connectivity index (χ1) is 7.91. The van der Waals surface area contributed by atoms with Crippen molar-refractivity contribution >= 4 is 11.6 Å². The molecule has 17 heavy (non-hydrogen) atoms. The molecule has 0 aromatic carbocycles. The monoisotopic (exact) mass is 253 g/mol. The Hall–Kier alpha value is -0.600. The molecule has 1 unspecified atom stereocenters. The Balaban J connectivity index is 2.37. The van der Waals surface area contributed by atoms with Crippen molar-refractivity contribution in [2.75, 3.05) is 0 Å². The zero-order valence-corrected chi connectivity index (χ0v) is 11.5. The van der Waals surface area contributed by atoms with E-state index in [-0.39, 0.29) is 6.61 Å². The minimum atomic E-state index is 0.0570. The summed E-state index contributed by atoms with van der Waals surface area (Å²) in [7, 11) is 0. The summed E-state index contributed by atoms with van der Waals surface area (Å²) in [6.07, 6.45) is 3.15. The van der Waals surface area contributed by atoms with Crippen LogP contribution in [-0.4, -0.2) is 10.1 Å². The zero-order valence-electron chi connectivity index (χ0n) is 10.8. The summed E-state index contributed by atoms with van der Waals surface area (Å²) >= 11 is 5.96. The van der Waals surface area contributed by atoms with Crippen LogP contribution in [0, 0.1) is 11.3 Å². The highest BCUT2D eigenvalue weighted by molar-refractivity contribution is 6.29. The van der Waals surface area contributed by atoms with E-state index in [0.717, 1.165) is 30.5 Å². The molecule has 1 heterocycles. The van der Waals surface area contributed by atoms with Gasteiger partial charge >= 0.3 is 0 Å². The molecule has 0 amide bonds. The van der Waals surface area contributed by atoms with Crippen LogP contribution in [0.5, 0.6) is 0 Å². The third-order valence-electron chi connectivity index (χ3n) is 3.85. The van der Waals surface area contributed by atoms with Crippen molar-refractivity contribution in [1.82, 2.24) is 4.98 Å². The molecule has 1 N–H and O–H groups in total. The Morgan fingerprint density at radius 1 is 1.47 bits per heavy atom. The summed E-state index contributed by atoms with van der Waals surface area (Å²) in [5, 5.41) is 9.92. The van der Waals surface area contributed by atoms with Gasteiger partial charge in [0.15, 0.2) is 0 Å². The topological polar surface area (TPSA) is 33.1 Å². The van der Waals surface area contributed by atoms with E-state index >= 15 is 0 Å². The zero-order chi connectivity index (χ0) is 12.6. The van der Waals surface area contributed by atoms with Crippen LogP contribution in [0.3, 0.4) is 0 Å². The van der Waals surface area contributed by atoms with E-state index < -0.39 is 0 Å². The van der Waals surface area contributed by atoms with Gasteiger partial charge < -0.3 is 5.11 Å². The lowest BCUT2D eigenvalue weighted by atomic mass is 9.71. The lowest BCUT2D eigenvalue weighted by Gasteiger charge is -2.35. The van der Waals surface area contributed by atoms with Gasteiger partial charge in [-0.15, -0.1) is 0 Å². The molecule has 1 atom stereocenters. The van der Waals surface area contributed by atoms with Gasteiger partial charge in [0, 0.05) is 5.69 Å². The second-order valence-corrected chi connectivity index (χ2v) is 6.38. The molecule has 0 radical (unpaired) electrons. The van der Waals surface area contributed by atoms with Crippen molar-refractivity contribution in [2.45, 2.75) is 46.6 Å². The van der Waals surface area contributed by atoms with E-state index in [1.807, 2.05) is 0 Å². The molecule has 0 bridgehead atoms. The molecule has 1 aliphatic carbocycles. The highest BCUT2D eigenvalue weighted by Gasteiger charge is 2.30. The molecule has 1 aromatic rings. The molecule has 0 saturated carbocycles. The molecule has 0 fully saturated rings. The molecule has 0 aliphatic heterocycles. The van der Waals surface area contributed by atoms with Gasteiger partial charge in [0.05, 0.1) is 6.61 Å². The van der Waals surface area contributed by atoms with Crippen molar-refractivity contribution in [2.24, 2.45) is 11.3 Å². The number of rotatable bonds is 1. The van der Waals surface area contributed by atoms with Crippen molar-refractivity contribution < 1.29 is 5.11 Å². The van der Waals surface area contributed by atoms with Crippen LogP contribution in [0.4, 0.5) is 0 Å². The second-order valence-electron chi connectivity index (χ2n) is 5.99. The molecule has 2 nitrogen and oxygen atoms in total. The molecule has 1 aliphatic rings. The number of halogens is 1. The second kappa shape index (κ2) is 4.58. The number of aliphatic hydroxyl groups excluding tert-OH is 1. The number of fused-ring (bicyclic) bond motifs is 1. The van der Waals surface area contributed by atoms with E-state index in [0.29, 0.717) is 16.5 Å². The van der Waals surface area contributed by atoms with Gasteiger partial charge in [-0.25, -0.2) is 4.98 Å². The first-order valence-electron chi connectivity index (χ1n) is 6.20. The summed E-state index contributed by atoms with van der Waals surface area (Å²) in [4.78, 5) is 4.39. The maximum atomic E-state index is 9.42. The minimum Gasteiger partial charge on any atom is -0.392 e. The fraction of sp³-hybridized carbons (Fsp3) is 0.643. The van der Waals surface area contributed by atoms with E-state index in [9.17, 15) is 5.11 Å². The number of aliphatic hydroxyl groups is 1. The Kier molecular flexibility index (Phi) is 3.46. The first-order valence-corrected chi connectivity index (χ1v) is 6.57. The fourth-order valence-electron chi connectivity index (χ4n) is 2.64. The Morgan fingerprint density at radius 3 is 2.76 bits per heavy atom. The van der Waals surface area contributed by atoms with Crippen LogP contribution >= 0.6 is 11.6 Å². The summed E-state index contributed by atoms with van der Waals surface area (Å²) in [6, 6.07) is 1.80.